The molecule has 1 fully saturated rings. The number of hydrogen-bond donors (Lipinski definition) is 1. The van der Waals surface area contributed by atoms with Gasteiger partial charge in [0.05, 0.1) is 9.67 Å². The van der Waals surface area contributed by atoms with Crippen molar-refractivity contribution in [2.75, 3.05) is 19.8 Å². The lowest BCUT2D eigenvalue weighted by molar-refractivity contribution is -0.385. The zero-order valence-electron chi connectivity index (χ0n) is 11.5. The molecule has 1 aliphatic heterocycles. The summed E-state index contributed by atoms with van der Waals surface area (Å²) < 4.78 is 9.68. The first-order valence-electron chi connectivity index (χ1n) is 6.40. The molecule has 22 heavy (non-hydrogen) atoms. The third-order valence-electron chi connectivity index (χ3n) is 3.10. The van der Waals surface area contributed by atoms with Crippen molar-refractivity contribution < 1.29 is 24.3 Å². The Labute approximate surface area is 134 Å². The lowest BCUT2D eigenvalue weighted by Gasteiger charge is -2.34. The molecule has 1 aliphatic rings. The van der Waals surface area contributed by atoms with E-state index in [0.717, 1.165) is 0 Å². The molecule has 0 unspecified atom stereocenters. The monoisotopic (exact) mass is 346 g/mol. The molecule has 0 amide bonds. The van der Waals surface area contributed by atoms with E-state index in [-0.39, 0.29) is 17.0 Å². The fourth-order valence-electron chi connectivity index (χ4n) is 1.85. The van der Waals surface area contributed by atoms with Crippen molar-refractivity contribution in [1.29, 1.82) is 0 Å². The van der Waals surface area contributed by atoms with Crippen LogP contribution in [0.25, 0.3) is 0 Å². The van der Waals surface area contributed by atoms with Crippen LogP contribution < -0.4 is 0 Å². The van der Waals surface area contributed by atoms with Gasteiger partial charge >= 0.3 is 6.16 Å². The minimum absolute atomic E-state index is 0.0654. The molecule has 120 valence electrons. The van der Waals surface area contributed by atoms with Gasteiger partial charge < -0.3 is 14.6 Å². The molecule has 0 atom stereocenters. The molecule has 2 heterocycles. The third-order valence-corrected chi connectivity index (χ3v) is 6.30. The summed E-state index contributed by atoms with van der Waals surface area (Å²) in [5.41, 5.74) is -0.0654. The highest BCUT2D eigenvalue weighted by Gasteiger charge is 2.35. The summed E-state index contributed by atoms with van der Waals surface area (Å²) in [4.78, 5) is 24.7. The number of ether oxygens (including phenoxy) is 2. The van der Waals surface area contributed by atoms with Crippen molar-refractivity contribution in [3.63, 3.8) is 0 Å². The summed E-state index contributed by atoms with van der Waals surface area (Å²) in [6, 6.07) is 2.96. The molecule has 0 spiro atoms. The largest absolute Gasteiger partial charge is 0.505 e. The maximum Gasteiger partial charge on any atom is 0.505 e. The topological polar surface area (TPSA) is 112 Å². The number of carbonyl (C=O) groups is 1. The summed E-state index contributed by atoms with van der Waals surface area (Å²) in [5.74, 6) is 0. The van der Waals surface area contributed by atoms with Gasteiger partial charge in [-0.2, -0.15) is 0 Å². The Morgan fingerprint density at radius 2 is 2.23 bits per heavy atom. The van der Waals surface area contributed by atoms with E-state index in [4.69, 9.17) is 14.6 Å². The molecule has 1 aromatic heterocycles. The van der Waals surface area contributed by atoms with Crippen LogP contribution in [-0.4, -0.2) is 45.7 Å². The van der Waals surface area contributed by atoms with Gasteiger partial charge in [0.2, 0.25) is 0 Å². The predicted molar refractivity (Wildman–Crippen MR) is 81.1 cm³/mol. The number of hydrogen-bond acceptors (Lipinski definition) is 8. The second-order valence-corrected chi connectivity index (χ2v) is 7.25. The van der Waals surface area contributed by atoms with E-state index in [1.807, 2.05) is 0 Å². The average Bonchev–Trinajstić information content (AvgIpc) is 2.52. The van der Waals surface area contributed by atoms with Gasteiger partial charge in [-0.25, -0.2) is 9.78 Å². The Morgan fingerprint density at radius 1 is 1.50 bits per heavy atom. The van der Waals surface area contributed by atoms with E-state index in [1.165, 1.54) is 33.9 Å². The van der Waals surface area contributed by atoms with E-state index in [1.54, 1.807) is 6.07 Å². The SMILES string of the molecule is O=C(O)OCC1(SSc2ccc([N+](=O)[O-])cn2)CCOCC1. The molecule has 2 rings (SSSR count). The molecule has 10 heteroatoms. The van der Waals surface area contributed by atoms with Gasteiger partial charge in [0.25, 0.3) is 5.69 Å². The summed E-state index contributed by atoms with van der Waals surface area (Å²) in [6.07, 6.45) is 1.24. The van der Waals surface area contributed by atoms with E-state index >= 15 is 0 Å². The first-order valence-corrected chi connectivity index (χ1v) is 8.55. The number of pyridine rings is 1. The minimum Gasteiger partial charge on any atom is -0.450 e. The predicted octanol–water partition coefficient (Wildman–Crippen LogP) is 2.97. The summed E-state index contributed by atoms with van der Waals surface area (Å²) in [7, 11) is 2.82. The Bertz CT molecular complexity index is 533. The molecule has 1 saturated heterocycles. The van der Waals surface area contributed by atoms with Gasteiger partial charge in [-0.1, -0.05) is 10.8 Å². The fraction of sp³-hybridized carbons (Fsp3) is 0.500. The van der Waals surface area contributed by atoms with Crippen molar-refractivity contribution in [3.05, 3.63) is 28.4 Å². The number of rotatable bonds is 6. The molecule has 8 nitrogen and oxygen atoms in total. The molecule has 0 bridgehead atoms. The van der Waals surface area contributed by atoms with Crippen LogP contribution in [0.3, 0.4) is 0 Å². The molecule has 0 radical (unpaired) electrons. The highest BCUT2D eigenvalue weighted by Crippen LogP contribution is 2.46. The maximum atomic E-state index is 10.6. The normalized spacial score (nSPS) is 16.9. The molecular formula is C12H14N2O6S2. The van der Waals surface area contributed by atoms with Crippen molar-refractivity contribution in [2.24, 2.45) is 0 Å². The van der Waals surface area contributed by atoms with Crippen LogP contribution in [0.2, 0.25) is 0 Å². The standard InChI is InChI=1S/C12H14N2O6S2/c15-11(16)20-8-12(3-5-19-6-4-12)22-21-10-2-1-9(7-13-10)14(17)18/h1-2,7H,3-6,8H2,(H,15,16). The summed E-state index contributed by atoms with van der Waals surface area (Å²) in [5, 5.41) is 19.9. The second-order valence-electron chi connectivity index (χ2n) is 4.63. The van der Waals surface area contributed by atoms with E-state index < -0.39 is 11.1 Å². The lowest BCUT2D eigenvalue weighted by atomic mass is 10.0. The Balaban J connectivity index is 1.98. The average molecular weight is 346 g/mol. The lowest BCUT2D eigenvalue weighted by Crippen LogP contribution is -2.37. The minimum atomic E-state index is -1.30. The number of nitrogens with zero attached hydrogens (tertiary/aromatic N) is 2. The zero-order valence-corrected chi connectivity index (χ0v) is 13.1. The second kappa shape index (κ2) is 7.65. The van der Waals surface area contributed by atoms with Crippen LogP contribution in [0.1, 0.15) is 12.8 Å². The van der Waals surface area contributed by atoms with E-state index in [0.29, 0.717) is 31.1 Å². The van der Waals surface area contributed by atoms with Crippen LogP contribution in [0.4, 0.5) is 10.5 Å². The van der Waals surface area contributed by atoms with Crippen molar-refractivity contribution in [3.8, 4) is 0 Å². The number of carboxylic acid groups (broad SMARTS) is 1. The van der Waals surface area contributed by atoms with E-state index in [2.05, 4.69) is 4.98 Å². The molecule has 0 aliphatic carbocycles. The Hall–Kier alpha value is -1.52. The highest BCUT2D eigenvalue weighted by molar-refractivity contribution is 8.77. The summed E-state index contributed by atoms with van der Waals surface area (Å²) in [6.45, 7) is 1.17. The Morgan fingerprint density at radius 3 is 2.77 bits per heavy atom. The zero-order chi connectivity index (χ0) is 16.0. The van der Waals surface area contributed by atoms with Crippen molar-refractivity contribution >= 4 is 33.4 Å². The molecule has 1 N–H and O–H groups in total. The number of nitro groups is 1. The molecule has 1 aromatic rings. The molecule has 0 saturated carbocycles. The first-order chi connectivity index (χ1) is 10.5. The van der Waals surface area contributed by atoms with E-state index in [9.17, 15) is 14.9 Å². The maximum absolute atomic E-state index is 10.6. The van der Waals surface area contributed by atoms with Crippen LogP contribution >= 0.6 is 21.6 Å². The van der Waals surface area contributed by atoms with Crippen molar-refractivity contribution in [2.45, 2.75) is 22.6 Å². The van der Waals surface area contributed by atoms with Crippen LogP contribution in [-0.2, 0) is 9.47 Å². The molecule has 0 aromatic carbocycles. The van der Waals surface area contributed by atoms with Crippen molar-refractivity contribution in [1.82, 2.24) is 4.98 Å². The van der Waals surface area contributed by atoms with Crippen LogP contribution in [0.5, 0.6) is 0 Å². The fourth-order valence-corrected chi connectivity index (χ4v) is 4.50. The van der Waals surface area contributed by atoms with Gasteiger partial charge in [0, 0.05) is 19.3 Å². The number of aromatic nitrogens is 1. The van der Waals surface area contributed by atoms with Crippen LogP contribution in [0.15, 0.2) is 23.4 Å². The third kappa shape index (κ3) is 4.75. The van der Waals surface area contributed by atoms with Crippen LogP contribution in [0, 0.1) is 10.1 Å². The van der Waals surface area contributed by atoms with Gasteiger partial charge in [-0.3, -0.25) is 10.1 Å². The van der Waals surface area contributed by atoms with Gasteiger partial charge in [-0.15, -0.1) is 0 Å². The smallest absolute Gasteiger partial charge is 0.450 e. The van der Waals surface area contributed by atoms with Gasteiger partial charge in [0.1, 0.15) is 17.8 Å². The van der Waals surface area contributed by atoms with Gasteiger partial charge in [-0.05, 0) is 29.7 Å². The van der Waals surface area contributed by atoms with Gasteiger partial charge in [0.15, 0.2) is 0 Å². The molecular weight excluding hydrogens is 332 g/mol. The summed E-state index contributed by atoms with van der Waals surface area (Å²) >= 11 is 0. The highest BCUT2D eigenvalue weighted by atomic mass is 33.1. The first kappa shape index (κ1) is 16.8. The quantitative estimate of drug-likeness (QED) is 0.359. The Kier molecular flexibility index (Phi) is 5.86.